The Labute approximate surface area is 107 Å². The van der Waals surface area contributed by atoms with E-state index in [9.17, 15) is 0 Å². The number of anilines is 2. The minimum absolute atomic E-state index is 0.713. The number of H-pyrrole nitrogens is 1. The Morgan fingerprint density at radius 3 is 2.94 bits per heavy atom. The van der Waals surface area contributed by atoms with Crippen LogP contribution in [0.1, 0.15) is 13.8 Å². The van der Waals surface area contributed by atoms with Crippen LogP contribution >= 0.6 is 0 Å². The number of fused-ring (bicyclic) bond motifs is 1. The lowest BCUT2D eigenvalue weighted by Crippen LogP contribution is -2.27. The summed E-state index contributed by atoms with van der Waals surface area (Å²) in [5, 5.41) is 8.03. The van der Waals surface area contributed by atoms with Gasteiger partial charge in [0.1, 0.15) is 0 Å². The van der Waals surface area contributed by atoms with Crippen molar-refractivity contribution in [2.24, 2.45) is 0 Å². The summed E-state index contributed by atoms with van der Waals surface area (Å²) < 4.78 is 5.40. The first kappa shape index (κ1) is 12.7. The molecule has 0 saturated heterocycles. The van der Waals surface area contributed by atoms with Crippen LogP contribution in [0.4, 0.5) is 11.4 Å². The third-order valence-corrected chi connectivity index (χ3v) is 3.02. The van der Waals surface area contributed by atoms with Crippen LogP contribution in [0.25, 0.3) is 10.9 Å². The first-order chi connectivity index (χ1) is 8.76. The maximum absolute atomic E-state index is 6.10. The molecule has 1 aromatic carbocycles. The van der Waals surface area contributed by atoms with Crippen molar-refractivity contribution in [1.82, 2.24) is 10.2 Å². The van der Waals surface area contributed by atoms with Gasteiger partial charge in [-0.25, -0.2) is 0 Å². The lowest BCUT2D eigenvalue weighted by molar-refractivity contribution is 0.154. The number of hydrogen-bond acceptors (Lipinski definition) is 4. The molecule has 0 aliphatic rings. The second-order valence-corrected chi connectivity index (χ2v) is 4.14. The molecule has 5 nitrogen and oxygen atoms in total. The van der Waals surface area contributed by atoms with E-state index in [1.807, 2.05) is 19.1 Å². The Morgan fingerprint density at radius 2 is 2.22 bits per heavy atom. The van der Waals surface area contributed by atoms with Gasteiger partial charge in [0, 0.05) is 25.1 Å². The average Bonchev–Trinajstić information content (AvgIpc) is 2.81. The molecule has 0 unspecified atom stereocenters. The average molecular weight is 248 g/mol. The number of nitrogens with zero attached hydrogens (tertiary/aromatic N) is 2. The molecule has 0 fully saturated rings. The number of nitrogens with one attached hydrogen (secondary N) is 1. The largest absolute Gasteiger partial charge is 0.397 e. The molecular formula is C13H20N4O. The van der Waals surface area contributed by atoms with E-state index in [1.165, 1.54) is 0 Å². The van der Waals surface area contributed by atoms with E-state index >= 15 is 0 Å². The molecule has 0 bridgehead atoms. The number of likely N-dealkylation sites (N-methyl/N-ethyl adjacent to an activating group) is 1. The lowest BCUT2D eigenvalue weighted by atomic mass is 10.2. The summed E-state index contributed by atoms with van der Waals surface area (Å²) in [5.41, 5.74) is 8.93. The SMILES string of the molecule is CCOCCN(CC)c1cc2[nH]ncc2cc1N. The molecular weight excluding hydrogens is 228 g/mol. The van der Waals surface area contributed by atoms with Gasteiger partial charge in [-0.05, 0) is 26.0 Å². The molecule has 1 aromatic heterocycles. The normalized spacial score (nSPS) is 11.0. The maximum atomic E-state index is 6.10. The molecule has 5 heteroatoms. The third-order valence-electron chi connectivity index (χ3n) is 3.02. The quantitative estimate of drug-likeness (QED) is 0.606. The predicted molar refractivity (Wildman–Crippen MR) is 74.9 cm³/mol. The molecule has 0 saturated carbocycles. The van der Waals surface area contributed by atoms with E-state index in [-0.39, 0.29) is 0 Å². The van der Waals surface area contributed by atoms with E-state index in [1.54, 1.807) is 6.20 Å². The fourth-order valence-corrected chi connectivity index (χ4v) is 2.04. The van der Waals surface area contributed by atoms with Crippen molar-refractivity contribution in [1.29, 1.82) is 0 Å². The summed E-state index contributed by atoms with van der Waals surface area (Å²) in [6.07, 6.45) is 1.78. The Bertz CT molecular complexity index is 509. The van der Waals surface area contributed by atoms with Crippen LogP contribution < -0.4 is 10.6 Å². The first-order valence-electron chi connectivity index (χ1n) is 6.31. The van der Waals surface area contributed by atoms with Gasteiger partial charge in [0.05, 0.1) is 29.7 Å². The minimum atomic E-state index is 0.713. The van der Waals surface area contributed by atoms with Crippen molar-refractivity contribution in [3.05, 3.63) is 18.3 Å². The number of rotatable bonds is 6. The second kappa shape index (κ2) is 5.73. The van der Waals surface area contributed by atoms with Crippen LogP contribution in [0, 0.1) is 0 Å². The maximum Gasteiger partial charge on any atom is 0.0672 e. The summed E-state index contributed by atoms with van der Waals surface area (Å²) in [6.45, 7) is 7.31. The standard InChI is InChI=1S/C13H20N4O/c1-3-17(5-6-18-4-2)13-8-12-10(7-11(13)14)9-15-16-12/h7-9H,3-6,14H2,1-2H3,(H,15,16). The van der Waals surface area contributed by atoms with Gasteiger partial charge >= 0.3 is 0 Å². The summed E-state index contributed by atoms with van der Waals surface area (Å²) in [6, 6.07) is 4.00. The van der Waals surface area contributed by atoms with Crippen molar-refractivity contribution in [2.45, 2.75) is 13.8 Å². The molecule has 0 aliphatic carbocycles. The molecule has 18 heavy (non-hydrogen) atoms. The highest BCUT2D eigenvalue weighted by Crippen LogP contribution is 2.27. The summed E-state index contributed by atoms with van der Waals surface area (Å²) in [5.74, 6) is 0. The number of nitrogens with two attached hydrogens (primary N) is 1. The number of hydrogen-bond donors (Lipinski definition) is 2. The molecule has 0 atom stereocenters. The van der Waals surface area contributed by atoms with Crippen LogP contribution in [-0.2, 0) is 4.74 Å². The van der Waals surface area contributed by atoms with Crippen LogP contribution in [0.5, 0.6) is 0 Å². The highest BCUT2D eigenvalue weighted by atomic mass is 16.5. The molecule has 0 spiro atoms. The summed E-state index contributed by atoms with van der Waals surface area (Å²) in [4.78, 5) is 2.21. The summed E-state index contributed by atoms with van der Waals surface area (Å²) >= 11 is 0. The highest BCUT2D eigenvalue weighted by molar-refractivity contribution is 5.88. The molecule has 3 N–H and O–H groups in total. The van der Waals surface area contributed by atoms with Gasteiger partial charge in [0.25, 0.3) is 0 Å². The van der Waals surface area contributed by atoms with Gasteiger partial charge in [0.2, 0.25) is 0 Å². The predicted octanol–water partition coefficient (Wildman–Crippen LogP) is 2.01. The first-order valence-corrected chi connectivity index (χ1v) is 6.31. The van der Waals surface area contributed by atoms with E-state index in [0.717, 1.165) is 42.0 Å². The number of aromatic amines is 1. The molecule has 1 heterocycles. The second-order valence-electron chi connectivity index (χ2n) is 4.14. The number of nitrogen functional groups attached to an aromatic ring is 1. The van der Waals surface area contributed by atoms with Gasteiger partial charge < -0.3 is 15.4 Å². The Kier molecular flexibility index (Phi) is 4.04. The van der Waals surface area contributed by atoms with Gasteiger partial charge in [-0.15, -0.1) is 0 Å². The van der Waals surface area contributed by atoms with Gasteiger partial charge in [0.15, 0.2) is 0 Å². The number of benzene rings is 1. The molecule has 0 amide bonds. The van der Waals surface area contributed by atoms with Crippen molar-refractivity contribution in [2.75, 3.05) is 36.9 Å². The van der Waals surface area contributed by atoms with Crippen LogP contribution in [-0.4, -0.2) is 36.5 Å². The molecule has 0 aliphatic heterocycles. The zero-order chi connectivity index (χ0) is 13.0. The Morgan fingerprint density at radius 1 is 1.39 bits per heavy atom. The zero-order valence-electron chi connectivity index (χ0n) is 10.9. The van der Waals surface area contributed by atoms with E-state index < -0.39 is 0 Å². The Hall–Kier alpha value is -1.75. The zero-order valence-corrected chi connectivity index (χ0v) is 10.9. The summed E-state index contributed by atoms with van der Waals surface area (Å²) in [7, 11) is 0. The van der Waals surface area contributed by atoms with Crippen LogP contribution in [0.15, 0.2) is 18.3 Å². The fraction of sp³-hybridized carbons (Fsp3) is 0.462. The molecule has 2 rings (SSSR count). The van der Waals surface area contributed by atoms with E-state index in [0.29, 0.717) is 6.61 Å². The molecule has 98 valence electrons. The smallest absolute Gasteiger partial charge is 0.0672 e. The van der Waals surface area contributed by atoms with Crippen molar-refractivity contribution in [3.8, 4) is 0 Å². The number of ether oxygens (including phenoxy) is 1. The third kappa shape index (κ3) is 2.56. The van der Waals surface area contributed by atoms with Crippen molar-refractivity contribution < 1.29 is 4.74 Å². The number of aromatic nitrogens is 2. The topological polar surface area (TPSA) is 67.2 Å². The molecule has 2 aromatic rings. The van der Waals surface area contributed by atoms with Gasteiger partial charge in [-0.3, -0.25) is 5.10 Å². The van der Waals surface area contributed by atoms with Gasteiger partial charge in [-0.2, -0.15) is 5.10 Å². The monoisotopic (exact) mass is 248 g/mol. The highest BCUT2D eigenvalue weighted by Gasteiger charge is 2.10. The fourth-order valence-electron chi connectivity index (χ4n) is 2.04. The minimum Gasteiger partial charge on any atom is -0.397 e. The van der Waals surface area contributed by atoms with Gasteiger partial charge in [-0.1, -0.05) is 0 Å². The van der Waals surface area contributed by atoms with Crippen molar-refractivity contribution >= 4 is 22.3 Å². The molecule has 0 radical (unpaired) electrons. The van der Waals surface area contributed by atoms with E-state index in [4.69, 9.17) is 10.5 Å². The lowest BCUT2D eigenvalue weighted by Gasteiger charge is -2.24. The van der Waals surface area contributed by atoms with E-state index in [2.05, 4.69) is 22.0 Å². The Balaban J connectivity index is 2.23. The van der Waals surface area contributed by atoms with Crippen LogP contribution in [0.3, 0.4) is 0 Å². The van der Waals surface area contributed by atoms with Crippen molar-refractivity contribution in [3.63, 3.8) is 0 Å². The van der Waals surface area contributed by atoms with Crippen LogP contribution in [0.2, 0.25) is 0 Å².